The van der Waals surface area contributed by atoms with E-state index in [0.29, 0.717) is 11.5 Å². The highest BCUT2D eigenvalue weighted by Gasteiger charge is 2.31. The third-order valence-electron chi connectivity index (χ3n) is 4.88. The number of methoxy groups -OCH3 is 2. The number of amides is 1. The van der Waals surface area contributed by atoms with Crippen LogP contribution in [0, 0.1) is 0 Å². The van der Waals surface area contributed by atoms with Gasteiger partial charge in [-0.05, 0) is 35.9 Å². The molecule has 0 aliphatic carbocycles. The van der Waals surface area contributed by atoms with Gasteiger partial charge in [0.2, 0.25) is 15.9 Å². The maximum atomic E-state index is 12.9. The summed E-state index contributed by atoms with van der Waals surface area (Å²) in [4.78, 5) is 14.1. The van der Waals surface area contributed by atoms with Crippen molar-refractivity contribution in [1.82, 2.24) is 9.21 Å². The van der Waals surface area contributed by atoms with Crippen LogP contribution in [0.1, 0.15) is 5.56 Å². The molecular weight excluding hydrogens is 463 g/mol. The Morgan fingerprint density at radius 3 is 2.19 bits per heavy atom. The van der Waals surface area contributed by atoms with Gasteiger partial charge in [0.25, 0.3) is 0 Å². The van der Waals surface area contributed by atoms with Crippen molar-refractivity contribution < 1.29 is 22.7 Å². The zero-order valence-corrected chi connectivity index (χ0v) is 19.4. The molecule has 0 spiro atoms. The first-order valence-corrected chi connectivity index (χ1v) is 11.6. The van der Waals surface area contributed by atoms with Gasteiger partial charge in [-0.1, -0.05) is 29.3 Å². The van der Waals surface area contributed by atoms with Crippen molar-refractivity contribution in [2.45, 2.75) is 4.90 Å². The van der Waals surface area contributed by atoms with Crippen molar-refractivity contribution in [3.05, 3.63) is 58.1 Å². The number of carbonyl (C=O) groups is 1. The molecule has 10 heteroatoms. The minimum Gasteiger partial charge on any atom is -0.497 e. The average molecular weight is 485 g/mol. The van der Waals surface area contributed by atoms with Crippen molar-refractivity contribution >= 4 is 45.2 Å². The number of nitrogens with zero attached hydrogens (tertiary/aromatic N) is 2. The summed E-state index contributed by atoms with van der Waals surface area (Å²) in [6.45, 7) is 0.861. The molecule has 0 aromatic heterocycles. The number of rotatable bonds is 6. The Hall–Kier alpha value is -2.26. The van der Waals surface area contributed by atoms with Crippen LogP contribution in [0.2, 0.25) is 10.0 Å². The van der Waals surface area contributed by atoms with E-state index in [1.807, 2.05) is 0 Å². The molecule has 1 heterocycles. The molecule has 2 aromatic rings. The van der Waals surface area contributed by atoms with Crippen LogP contribution in [0.4, 0.5) is 0 Å². The number of halogens is 2. The number of ether oxygens (including phenoxy) is 2. The number of benzene rings is 2. The van der Waals surface area contributed by atoms with Crippen LogP contribution in [-0.4, -0.2) is 63.9 Å². The molecule has 2 aromatic carbocycles. The summed E-state index contributed by atoms with van der Waals surface area (Å²) in [5.41, 5.74) is 0.751. The van der Waals surface area contributed by atoms with Crippen molar-refractivity contribution in [1.29, 1.82) is 0 Å². The van der Waals surface area contributed by atoms with Crippen LogP contribution < -0.4 is 9.47 Å². The standard InChI is InChI=1S/C21H22Cl2N2O5S/c1-29-16-12-15(13-17(14-16)30-2)6-7-20(26)24-8-10-25(11-9-24)31(27,28)19-5-3-4-18(22)21(19)23/h3-7,12-14H,8-11H2,1-2H3/b7-6+. The van der Waals surface area contributed by atoms with Gasteiger partial charge in [0, 0.05) is 38.3 Å². The summed E-state index contributed by atoms with van der Waals surface area (Å²) >= 11 is 12.0. The normalized spacial score (nSPS) is 15.3. The van der Waals surface area contributed by atoms with E-state index in [2.05, 4.69) is 0 Å². The molecule has 0 bridgehead atoms. The van der Waals surface area contributed by atoms with Crippen molar-refractivity contribution in [3.63, 3.8) is 0 Å². The monoisotopic (exact) mass is 484 g/mol. The lowest BCUT2D eigenvalue weighted by Crippen LogP contribution is -2.50. The molecule has 0 N–H and O–H groups in total. The first-order chi connectivity index (χ1) is 14.8. The highest BCUT2D eigenvalue weighted by molar-refractivity contribution is 7.89. The molecule has 0 atom stereocenters. The fourth-order valence-corrected chi connectivity index (χ4v) is 5.33. The van der Waals surface area contributed by atoms with Gasteiger partial charge in [0.05, 0.1) is 24.3 Å². The maximum Gasteiger partial charge on any atom is 0.246 e. The fourth-order valence-electron chi connectivity index (χ4n) is 3.17. The zero-order chi connectivity index (χ0) is 22.6. The van der Waals surface area contributed by atoms with Gasteiger partial charge in [-0.3, -0.25) is 4.79 Å². The topological polar surface area (TPSA) is 76.2 Å². The maximum absolute atomic E-state index is 12.9. The van der Waals surface area contributed by atoms with E-state index in [9.17, 15) is 13.2 Å². The Bertz CT molecular complexity index is 1070. The van der Waals surface area contributed by atoms with Crippen LogP contribution in [-0.2, 0) is 14.8 Å². The highest BCUT2D eigenvalue weighted by atomic mass is 35.5. The number of piperazine rings is 1. The molecule has 7 nitrogen and oxygen atoms in total. The van der Waals surface area contributed by atoms with Crippen molar-refractivity contribution in [2.75, 3.05) is 40.4 Å². The second-order valence-corrected chi connectivity index (χ2v) is 9.45. The molecule has 1 saturated heterocycles. The van der Waals surface area contributed by atoms with Crippen LogP contribution in [0.5, 0.6) is 11.5 Å². The van der Waals surface area contributed by atoms with Gasteiger partial charge in [-0.15, -0.1) is 0 Å². The first-order valence-electron chi connectivity index (χ1n) is 9.40. The Labute approximate surface area is 191 Å². The molecule has 0 unspecified atom stereocenters. The highest BCUT2D eigenvalue weighted by Crippen LogP contribution is 2.31. The number of hydrogen-bond acceptors (Lipinski definition) is 5. The van der Waals surface area contributed by atoms with Gasteiger partial charge in [-0.2, -0.15) is 4.31 Å². The summed E-state index contributed by atoms with van der Waals surface area (Å²) in [6.07, 6.45) is 3.12. The third kappa shape index (κ3) is 5.33. The van der Waals surface area contributed by atoms with Crippen LogP contribution >= 0.6 is 23.2 Å². The second-order valence-electron chi connectivity index (χ2n) is 6.76. The number of hydrogen-bond donors (Lipinski definition) is 0. The van der Waals surface area contributed by atoms with E-state index in [1.54, 1.807) is 49.5 Å². The predicted octanol–water partition coefficient (Wildman–Crippen LogP) is 3.56. The first kappa shape index (κ1) is 23.4. The number of carbonyl (C=O) groups excluding carboxylic acids is 1. The van der Waals surface area contributed by atoms with Gasteiger partial charge in [0.1, 0.15) is 16.4 Å². The van der Waals surface area contributed by atoms with Crippen molar-refractivity contribution in [3.8, 4) is 11.5 Å². The van der Waals surface area contributed by atoms with E-state index in [4.69, 9.17) is 32.7 Å². The molecule has 31 heavy (non-hydrogen) atoms. The third-order valence-corrected chi connectivity index (χ3v) is 7.75. The van der Waals surface area contributed by atoms with Gasteiger partial charge < -0.3 is 14.4 Å². The SMILES string of the molecule is COc1cc(/C=C/C(=O)N2CCN(S(=O)(=O)c3cccc(Cl)c3Cl)CC2)cc(OC)c1. The van der Waals surface area contributed by atoms with E-state index in [1.165, 1.54) is 22.5 Å². The molecule has 1 amide bonds. The minimum atomic E-state index is -3.80. The Morgan fingerprint density at radius 1 is 1.00 bits per heavy atom. The molecule has 3 rings (SSSR count). The van der Waals surface area contributed by atoms with E-state index >= 15 is 0 Å². The van der Waals surface area contributed by atoms with Gasteiger partial charge in [-0.25, -0.2) is 8.42 Å². The predicted molar refractivity (Wildman–Crippen MR) is 120 cm³/mol. The smallest absolute Gasteiger partial charge is 0.246 e. The average Bonchev–Trinajstić information content (AvgIpc) is 2.78. The summed E-state index contributed by atoms with van der Waals surface area (Å²) < 4.78 is 37.6. The number of sulfonamides is 1. The van der Waals surface area contributed by atoms with Crippen LogP contribution in [0.15, 0.2) is 47.4 Å². The summed E-state index contributed by atoms with van der Waals surface area (Å²) in [5, 5.41) is 0.176. The Balaban J connectivity index is 1.66. The quantitative estimate of drug-likeness (QED) is 0.585. The second kappa shape index (κ2) is 9.91. The molecule has 1 aliphatic rings. The largest absolute Gasteiger partial charge is 0.497 e. The minimum absolute atomic E-state index is 0.000627. The zero-order valence-electron chi connectivity index (χ0n) is 17.0. The lowest BCUT2D eigenvalue weighted by molar-refractivity contribution is -0.127. The lowest BCUT2D eigenvalue weighted by Gasteiger charge is -2.33. The summed E-state index contributed by atoms with van der Waals surface area (Å²) in [5.74, 6) is 1.02. The van der Waals surface area contributed by atoms with Gasteiger partial charge in [0.15, 0.2) is 0 Å². The van der Waals surface area contributed by atoms with Gasteiger partial charge >= 0.3 is 0 Å². The Kier molecular flexibility index (Phi) is 7.48. The van der Waals surface area contributed by atoms with Crippen LogP contribution in [0.3, 0.4) is 0 Å². The van der Waals surface area contributed by atoms with E-state index in [-0.39, 0.29) is 47.0 Å². The van der Waals surface area contributed by atoms with Crippen molar-refractivity contribution in [2.24, 2.45) is 0 Å². The summed E-state index contributed by atoms with van der Waals surface area (Å²) in [6, 6.07) is 9.80. The Morgan fingerprint density at radius 2 is 1.61 bits per heavy atom. The van der Waals surface area contributed by atoms with E-state index in [0.717, 1.165) is 5.56 Å². The fraction of sp³-hybridized carbons (Fsp3) is 0.286. The molecule has 166 valence electrons. The lowest BCUT2D eigenvalue weighted by atomic mass is 10.2. The van der Waals surface area contributed by atoms with Crippen LogP contribution in [0.25, 0.3) is 6.08 Å². The molecule has 0 saturated carbocycles. The molecule has 1 fully saturated rings. The summed E-state index contributed by atoms with van der Waals surface area (Å²) in [7, 11) is -0.696. The van der Waals surface area contributed by atoms with E-state index < -0.39 is 10.0 Å². The molecular formula is C21H22Cl2N2O5S. The molecule has 0 radical (unpaired) electrons. The molecule has 1 aliphatic heterocycles.